The average molecular weight is 293 g/mol. The van der Waals surface area contributed by atoms with Crippen molar-refractivity contribution < 1.29 is 19.1 Å². The highest BCUT2D eigenvalue weighted by Gasteiger charge is 2.30. The molecule has 1 saturated heterocycles. The number of carboxylic acid groups (broad SMARTS) is 1. The van der Waals surface area contributed by atoms with E-state index in [2.05, 4.69) is 6.92 Å². The zero-order valence-corrected chi connectivity index (χ0v) is 12.7. The second-order valence-corrected chi connectivity index (χ2v) is 5.72. The van der Waals surface area contributed by atoms with Crippen molar-refractivity contribution in [1.82, 2.24) is 4.90 Å². The Morgan fingerprint density at radius 1 is 1.43 bits per heavy atom. The minimum absolute atomic E-state index is 0.0735. The van der Waals surface area contributed by atoms with Crippen LogP contribution in [0, 0.1) is 6.92 Å². The van der Waals surface area contributed by atoms with Gasteiger partial charge >= 0.3 is 5.97 Å². The second-order valence-electron chi connectivity index (χ2n) is 5.72. The first-order chi connectivity index (χ1) is 10.0. The van der Waals surface area contributed by atoms with Crippen LogP contribution in [0.4, 0.5) is 0 Å². The normalized spacial score (nSPS) is 18.8. The van der Waals surface area contributed by atoms with Crippen molar-refractivity contribution in [3.63, 3.8) is 0 Å². The van der Waals surface area contributed by atoms with Crippen molar-refractivity contribution in [2.75, 3.05) is 6.54 Å². The molecule has 1 N–H and O–H groups in total. The van der Waals surface area contributed by atoms with Gasteiger partial charge in [0.15, 0.2) is 0 Å². The standard InChI is InChI=1S/C16H23NO4/c1-3-6-12-7-4-5-8-17(12)16(20)15-11(2)10-21-13(15)9-14(18)19/h10,12H,3-9H2,1-2H3,(H,18,19). The molecule has 0 bridgehead atoms. The van der Waals surface area contributed by atoms with Crippen LogP contribution in [0.3, 0.4) is 0 Å². The Morgan fingerprint density at radius 3 is 2.86 bits per heavy atom. The number of aryl methyl sites for hydroxylation is 1. The lowest BCUT2D eigenvalue weighted by Gasteiger charge is -2.36. The van der Waals surface area contributed by atoms with Crippen LogP contribution in [0.15, 0.2) is 10.7 Å². The number of furan rings is 1. The molecular weight excluding hydrogens is 270 g/mol. The molecule has 1 aromatic heterocycles. The summed E-state index contributed by atoms with van der Waals surface area (Å²) in [4.78, 5) is 25.7. The van der Waals surface area contributed by atoms with Crippen LogP contribution in [-0.2, 0) is 11.2 Å². The Hall–Kier alpha value is -1.78. The third kappa shape index (κ3) is 3.46. The van der Waals surface area contributed by atoms with Crippen LogP contribution >= 0.6 is 0 Å². The fourth-order valence-electron chi connectivity index (χ4n) is 3.10. The van der Waals surface area contributed by atoms with Gasteiger partial charge in [0.2, 0.25) is 0 Å². The van der Waals surface area contributed by atoms with Gasteiger partial charge in [-0.1, -0.05) is 13.3 Å². The molecule has 1 atom stereocenters. The minimum Gasteiger partial charge on any atom is -0.481 e. The maximum Gasteiger partial charge on any atom is 0.311 e. The number of rotatable bonds is 5. The number of hydrogen-bond acceptors (Lipinski definition) is 3. The predicted molar refractivity (Wildman–Crippen MR) is 78.4 cm³/mol. The van der Waals surface area contributed by atoms with Crippen LogP contribution in [0.2, 0.25) is 0 Å². The highest BCUT2D eigenvalue weighted by Crippen LogP contribution is 2.26. The molecule has 0 aliphatic carbocycles. The summed E-state index contributed by atoms with van der Waals surface area (Å²) in [7, 11) is 0. The van der Waals surface area contributed by atoms with Gasteiger partial charge in [-0.2, -0.15) is 0 Å². The van der Waals surface area contributed by atoms with E-state index in [9.17, 15) is 9.59 Å². The molecule has 116 valence electrons. The van der Waals surface area contributed by atoms with Crippen LogP contribution < -0.4 is 0 Å². The summed E-state index contributed by atoms with van der Waals surface area (Å²) in [5.41, 5.74) is 1.16. The molecule has 5 nitrogen and oxygen atoms in total. The Balaban J connectivity index is 2.25. The average Bonchev–Trinajstić information content (AvgIpc) is 2.79. The van der Waals surface area contributed by atoms with Gasteiger partial charge in [-0.25, -0.2) is 0 Å². The van der Waals surface area contributed by atoms with Crippen LogP contribution in [0.25, 0.3) is 0 Å². The lowest BCUT2D eigenvalue weighted by Crippen LogP contribution is -2.44. The van der Waals surface area contributed by atoms with Crippen molar-refractivity contribution in [3.8, 4) is 0 Å². The monoisotopic (exact) mass is 293 g/mol. The summed E-state index contributed by atoms with van der Waals surface area (Å²) >= 11 is 0. The number of aliphatic carboxylic acids is 1. The second kappa shape index (κ2) is 6.78. The van der Waals surface area contributed by atoms with Crippen molar-refractivity contribution in [3.05, 3.63) is 23.2 Å². The quantitative estimate of drug-likeness (QED) is 0.906. The maximum atomic E-state index is 12.8. The molecule has 1 aromatic rings. The van der Waals surface area contributed by atoms with E-state index < -0.39 is 5.97 Å². The van der Waals surface area contributed by atoms with Crippen LogP contribution in [0.5, 0.6) is 0 Å². The third-order valence-corrected chi connectivity index (χ3v) is 4.09. The number of carboxylic acids is 1. The highest BCUT2D eigenvalue weighted by molar-refractivity contribution is 5.97. The lowest BCUT2D eigenvalue weighted by molar-refractivity contribution is -0.136. The zero-order valence-electron chi connectivity index (χ0n) is 12.7. The number of hydrogen-bond donors (Lipinski definition) is 1. The number of carbonyl (C=O) groups excluding carboxylic acids is 1. The summed E-state index contributed by atoms with van der Waals surface area (Å²) in [5, 5.41) is 8.94. The minimum atomic E-state index is -0.984. The highest BCUT2D eigenvalue weighted by atomic mass is 16.4. The van der Waals surface area contributed by atoms with Gasteiger partial charge in [0.25, 0.3) is 5.91 Å². The van der Waals surface area contributed by atoms with Gasteiger partial charge in [0.1, 0.15) is 12.2 Å². The summed E-state index contributed by atoms with van der Waals surface area (Å²) in [5.74, 6) is -0.788. The van der Waals surface area contributed by atoms with Gasteiger partial charge in [-0.15, -0.1) is 0 Å². The first-order valence-electron chi connectivity index (χ1n) is 7.64. The third-order valence-electron chi connectivity index (χ3n) is 4.09. The molecule has 1 unspecified atom stereocenters. The summed E-state index contributed by atoms with van der Waals surface area (Å²) in [6.45, 7) is 4.66. The molecular formula is C16H23NO4. The van der Waals surface area contributed by atoms with Crippen molar-refractivity contribution in [2.45, 2.75) is 58.4 Å². The predicted octanol–water partition coefficient (Wildman–Crippen LogP) is 3.01. The van der Waals surface area contributed by atoms with Gasteiger partial charge in [-0.3, -0.25) is 9.59 Å². The Bertz CT molecular complexity index is 518. The molecule has 5 heteroatoms. The number of piperidine rings is 1. The van der Waals surface area contributed by atoms with Crippen LogP contribution in [-0.4, -0.2) is 34.5 Å². The summed E-state index contributed by atoms with van der Waals surface area (Å²) in [6.07, 6.45) is 6.46. The van der Waals surface area contributed by atoms with E-state index in [1.165, 1.54) is 6.26 Å². The molecule has 0 saturated carbocycles. The van der Waals surface area contributed by atoms with E-state index in [0.29, 0.717) is 5.56 Å². The molecule has 0 aromatic carbocycles. The molecule has 21 heavy (non-hydrogen) atoms. The molecule has 2 heterocycles. The molecule has 1 amide bonds. The van der Waals surface area contributed by atoms with Gasteiger partial charge in [0.05, 0.1) is 11.8 Å². The lowest BCUT2D eigenvalue weighted by atomic mass is 9.96. The smallest absolute Gasteiger partial charge is 0.311 e. The fourth-order valence-corrected chi connectivity index (χ4v) is 3.10. The summed E-state index contributed by atoms with van der Waals surface area (Å²) in [6, 6.07) is 0.267. The topological polar surface area (TPSA) is 70.8 Å². The van der Waals surface area contributed by atoms with E-state index in [4.69, 9.17) is 9.52 Å². The number of carbonyl (C=O) groups is 2. The van der Waals surface area contributed by atoms with Crippen molar-refractivity contribution in [2.24, 2.45) is 0 Å². The van der Waals surface area contributed by atoms with E-state index in [0.717, 1.165) is 44.2 Å². The molecule has 1 fully saturated rings. The SMILES string of the molecule is CCCC1CCCCN1C(=O)c1c(C)coc1CC(=O)O. The van der Waals surface area contributed by atoms with Crippen LogP contribution in [0.1, 0.15) is 60.7 Å². The van der Waals surface area contributed by atoms with Crippen molar-refractivity contribution >= 4 is 11.9 Å². The molecule has 0 radical (unpaired) electrons. The maximum absolute atomic E-state index is 12.8. The van der Waals surface area contributed by atoms with E-state index in [1.54, 1.807) is 6.92 Å². The van der Waals surface area contributed by atoms with Gasteiger partial charge < -0.3 is 14.4 Å². The first-order valence-corrected chi connectivity index (χ1v) is 7.64. The van der Waals surface area contributed by atoms with Gasteiger partial charge in [0, 0.05) is 18.2 Å². The number of likely N-dealkylation sites (tertiary alicyclic amines) is 1. The summed E-state index contributed by atoms with van der Waals surface area (Å²) < 4.78 is 5.29. The molecule has 1 aliphatic rings. The molecule has 1 aliphatic heterocycles. The Kier molecular flexibility index (Phi) is 5.04. The van der Waals surface area contributed by atoms with E-state index >= 15 is 0 Å². The van der Waals surface area contributed by atoms with E-state index in [1.807, 2.05) is 4.90 Å². The molecule has 2 rings (SSSR count). The zero-order chi connectivity index (χ0) is 15.4. The first kappa shape index (κ1) is 15.6. The number of nitrogens with zero attached hydrogens (tertiary/aromatic N) is 1. The largest absolute Gasteiger partial charge is 0.481 e. The molecule has 0 spiro atoms. The van der Waals surface area contributed by atoms with Gasteiger partial charge in [-0.05, 0) is 32.6 Å². The van der Waals surface area contributed by atoms with E-state index in [-0.39, 0.29) is 24.1 Å². The fraction of sp³-hybridized carbons (Fsp3) is 0.625. The van der Waals surface area contributed by atoms with Crippen molar-refractivity contribution in [1.29, 1.82) is 0 Å². The Morgan fingerprint density at radius 2 is 2.19 bits per heavy atom. The number of amides is 1. The Labute approximate surface area is 124 Å².